The second kappa shape index (κ2) is 11.5. The molecule has 0 spiro atoms. The fourth-order valence-corrected chi connectivity index (χ4v) is 3.41. The lowest BCUT2D eigenvalue weighted by Crippen LogP contribution is -2.64. The summed E-state index contributed by atoms with van der Waals surface area (Å²) in [6.07, 6.45) is -20.5. The van der Waals surface area contributed by atoms with E-state index in [4.69, 9.17) is 29.2 Å². The van der Waals surface area contributed by atoms with Gasteiger partial charge in [-0.25, -0.2) is 0 Å². The first-order chi connectivity index (χ1) is 14.6. The summed E-state index contributed by atoms with van der Waals surface area (Å²) in [5.74, 6) is 0. The molecular weight excluding hydrogens is 428 g/mol. The molecule has 0 aromatic carbocycles. The van der Waals surface area contributed by atoms with Crippen LogP contribution in [0.15, 0.2) is 0 Å². The van der Waals surface area contributed by atoms with E-state index in [9.17, 15) is 40.9 Å². The molecule has 0 aromatic rings. The Morgan fingerprint density at radius 1 is 0.742 bits per heavy atom. The number of hydrogen-bond donors (Lipinski definition) is 10. The van der Waals surface area contributed by atoms with Crippen molar-refractivity contribution in [2.75, 3.05) is 19.8 Å². The first-order valence-electron chi connectivity index (χ1n) is 9.78. The Balaban J connectivity index is 2.17. The van der Waals surface area contributed by atoms with Gasteiger partial charge < -0.3 is 70.0 Å². The van der Waals surface area contributed by atoms with Crippen molar-refractivity contribution in [3.05, 3.63) is 0 Å². The van der Waals surface area contributed by atoms with Gasteiger partial charge in [-0.3, -0.25) is 0 Å². The molecule has 31 heavy (non-hydrogen) atoms. The zero-order valence-electron chi connectivity index (χ0n) is 16.7. The van der Waals surface area contributed by atoms with Gasteiger partial charge in [0.05, 0.1) is 25.9 Å². The highest BCUT2D eigenvalue weighted by atomic mass is 16.7. The molecule has 0 radical (unpaired) electrons. The fourth-order valence-electron chi connectivity index (χ4n) is 3.41. The third-order valence-corrected chi connectivity index (χ3v) is 5.35. The number of aliphatic hydroxyl groups excluding tert-OH is 10. The molecule has 2 aliphatic heterocycles. The molecule has 184 valence electrons. The normalized spacial score (nSPS) is 44.6. The molecule has 14 heteroatoms. The monoisotopic (exact) mass is 460 g/mol. The maximum absolute atomic E-state index is 10.6. The van der Waals surface area contributed by atoms with Gasteiger partial charge >= 0.3 is 0 Å². The SMILES string of the molecule is C[C@@H]1O[C@@H](OC([C@H](O)CO)[C@@H](O)CO)[C@H](O)[C@H](O[C@H]2O[C@H](CO)[C@@H](O)[C@H](O)[C@H]2O)[C@H]1O. The van der Waals surface area contributed by atoms with Gasteiger partial charge in [-0.2, -0.15) is 0 Å². The van der Waals surface area contributed by atoms with Crippen LogP contribution in [-0.4, -0.2) is 151 Å². The van der Waals surface area contributed by atoms with Crippen LogP contribution in [0, 0.1) is 0 Å². The minimum absolute atomic E-state index is 0.717. The van der Waals surface area contributed by atoms with E-state index in [1.807, 2.05) is 0 Å². The maximum Gasteiger partial charge on any atom is 0.187 e. The van der Waals surface area contributed by atoms with Crippen LogP contribution in [0.1, 0.15) is 6.92 Å². The zero-order chi connectivity index (χ0) is 23.5. The molecular formula is C17H32O14. The van der Waals surface area contributed by atoms with Crippen molar-refractivity contribution >= 4 is 0 Å². The molecule has 13 atom stereocenters. The number of aliphatic hydroxyl groups is 10. The summed E-state index contributed by atoms with van der Waals surface area (Å²) in [5, 5.41) is 98.0. The van der Waals surface area contributed by atoms with Gasteiger partial charge in [0.15, 0.2) is 12.6 Å². The average Bonchev–Trinajstić information content (AvgIpc) is 2.76. The van der Waals surface area contributed by atoms with E-state index < -0.39 is 99.5 Å². The minimum atomic E-state index is -1.80. The largest absolute Gasteiger partial charge is 0.394 e. The van der Waals surface area contributed by atoms with Crippen LogP contribution in [0.2, 0.25) is 0 Å². The Kier molecular flexibility index (Phi) is 9.93. The maximum atomic E-state index is 10.6. The lowest BCUT2D eigenvalue weighted by molar-refractivity contribution is -0.365. The van der Waals surface area contributed by atoms with Crippen LogP contribution in [-0.2, 0) is 18.9 Å². The second-order valence-electron chi connectivity index (χ2n) is 7.59. The molecule has 10 N–H and O–H groups in total. The molecule has 0 amide bonds. The molecule has 14 nitrogen and oxygen atoms in total. The van der Waals surface area contributed by atoms with Crippen molar-refractivity contribution in [2.24, 2.45) is 0 Å². The standard InChI is InChI=1S/C17H32O14/c1-5-9(23)15(31-16-12(26)11(25)10(24)8(4-20)29-16)13(27)17(28-5)30-14(6(21)2-18)7(22)3-19/h5-27H,2-4H2,1H3/t5-,6-,7+,8+,9-,10+,11-,12+,13+,14?,15+,16+,17-/m0/s1. The van der Waals surface area contributed by atoms with Crippen LogP contribution in [0.4, 0.5) is 0 Å². The van der Waals surface area contributed by atoms with E-state index in [2.05, 4.69) is 0 Å². The van der Waals surface area contributed by atoms with Crippen molar-refractivity contribution in [3.8, 4) is 0 Å². The summed E-state index contributed by atoms with van der Waals surface area (Å²) in [6, 6.07) is 0. The second-order valence-corrected chi connectivity index (χ2v) is 7.59. The molecule has 0 aromatic heterocycles. The summed E-state index contributed by atoms with van der Waals surface area (Å²) < 4.78 is 21.3. The van der Waals surface area contributed by atoms with Gasteiger partial charge in [0.25, 0.3) is 0 Å². The average molecular weight is 460 g/mol. The predicted octanol–water partition coefficient (Wildman–Crippen LogP) is -6.27. The van der Waals surface area contributed by atoms with Crippen molar-refractivity contribution in [1.29, 1.82) is 0 Å². The van der Waals surface area contributed by atoms with Gasteiger partial charge in [0, 0.05) is 0 Å². The Morgan fingerprint density at radius 2 is 1.32 bits per heavy atom. The smallest absolute Gasteiger partial charge is 0.187 e. The van der Waals surface area contributed by atoms with Crippen molar-refractivity contribution < 1.29 is 70.0 Å². The summed E-state index contributed by atoms with van der Waals surface area (Å²) in [5.41, 5.74) is 0. The van der Waals surface area contributed by atoms with Crippen molar-refractivity contribution in [2.45, 2.75) is 86.6 Å². The number of ether oxygens (including phenoxy) is 4. The van der Waals surface area contributed by atoms with E-state index in [1.165, 1.54) is 6.92 Å². The number of rotatable bonds is 9. The van der Waals surface area contributed by atoms with Crippen LogP contribution < -0.4 is 0 Å². The Bertz CT molecular complexity index is 527. The molecule has 2 rings (SSSR count). The Hall–Kier alpha value is -0.560. The van der Waals surface area contributed by atoms with Crippen LogP contribution >= 0.6 is 0 Å². The lowest BCUT2D eigenvalue weighted by Gasteiger charge is -2.46. The van der Waals surface area contributed by atoms with E-state index in [0.717, 1.165) is 0 Å². The summed E-state index contributed by atoms with van der Waals surface area (Å²) in [7, 11) is 0. The molecule has 2 saturated heterocycles. The molecule has 2 aliphatic rings. The van der Waals surface area contributed by atoms with E-state index >= 15 is 0 Å². The van der Waals surface area contributed by atoms with Crippen molar-refractivity contribution in [1.82, 2.24) is 0 Å². The zero-order valence-corrected chi connectivity index (χ0v) is 16.7. The van der Waals surface area contributed by atoms with E-state index in [-0.39, 0.29) is 0 Å². The minimum Gasteiger partial charge on any atom is -0.394 e. The van der Waals surface area contributed by atoms with Crippen LogP contribution in [0.3, 0.4) is 0 Å². The first kappa shape index (κ1) is 26.7. The molecule has 1 unspecified atom stereocenters. The quantitative estimate of drug-likeness (QED) is 0.154. The van der Waals surface area contributed by atoms with E-state index in [0.29, 0.717) is 0 Å². The molecule has 2 fully saturated rings. The van der Waals surface area contributed by atoms with Crippen LogP contribution in [0.25, 0.3) is 0 Å². The summed E-state index contributed by atoms with van der Waals surface area (Å²) in [6.45, 7) is -1.01. The van der Waals surface area contributed by atoms with Gasteiger partial charge in [-0.15, -0.1) is 0 Å². The van der Waals surface area contributed by atoms with Crippen LogP contribution in [0.5, 0.6) is 0 Å². The lowest BCUT2D eigenvalue weighted by atomic mass is 9.97. The van der Waals surface area contributed by atoms with Gasteiger partial charge in [0.2, 0.25) is 0 Å². The molecule has 0 bridgehead atoms. The molecule has 0 saturated carbocycles. The van der Waals surface area contributed by atoms with Crippen molar-refractivity contribution in [3.63, 3.8) is 0 Å². The van der Waals surface area contributed by atoms with E-state index in [1.54, 1.807) is 0 Å². The number of hydrogen-bond acceptors (Lipinski definition) is 14. The molecule has 0 aliphatic carbocycles. The molecule has 2 heterocycles. The summed E-state index contributed by atoms with van der Waals surface area (Å²) >= 11 is 0. The first-order valence-corrected chi connectivity index (χ1v) is 9.78. The highest BCUT2D eigenvalue weighted by Gasteiger charge is 2.51. The third kappa shape index (κ3) is 5.87. The fraction of sp³-hybridized carbons (Fsp3) is 1.00. The Morgan fingerprint density at radius 3 is 1.84 bits per heavy atom. The Labute approximate surface area is 177 Å². The topological polar surface area (TPSA) is 239 Å². The summed E-state index contributed by atoms with van der Waals surface area (Å²) in [4.78, 5) is 0. The van der Waals surface area contributed by atoms with Gasteiger partial charge in [-0.05, 0) is 6.92 Å². The predicted molar refractivity (Wildman–Crippen MR) is 96.0 cm³/mol. The van der Waals surface area contributed by atoms with Gasteiger partial charge in [-0.1, -0.05) is 0 Å². The third-order valence-electron chi connectivity index (χ3n) is 5.35. The highest BCUT2D eigenvalue weighted by molar-refractivity contribution is 4.94. The van der Waals surface area contributed by atoms with Gasteiger partial charge in [0.1, 0.15) is 61.0 Å². The highest BCUT2D eigenvalue weighted by Crippen LogP contribution is 2.30.